The molecule has 1 heterocycles. The minimum Gasteiger partial charge on any atom is -0.380 e. The van der Waals surface area contributed by atoms with Gasteiger partial charge < -0.3 is 5.11 Å². The Labute approximate surface area is 85.8 Å². The van der Waals surface area contributed by atoms with Crippen molar-refractivity contribution in [2.45, 2.75) is 18.9 Å². The summed E-state index contributed by atoms with van der Waals surface area (Å²) in [5, 5.41) is 22.6. The van der Waals surface area contributed by atoms with Crippen LogP contribution in [0.15, 0.2) is 11.6 Å². The van der Waals surface area contributed by atoms with Crippen molar-refractivity contribution in [1.82, 2.24) is 0 Å². The van der Waals surface area contributed by atoms with Gasteiger partial charge in [0.05, 0.1) is 5.38 Å². The van der Waals surface area contributed by atoms with Crippen molar-refractivity contribution in [2.24, 2.45) is 7.05 Å². The zero-order valence-electron chi connectivity index (χ0n) is 8.01. The van der Waals surface area contributed by atoms with E-state index in [0.717, 1.165) is 6.54 Å². The molecule has 0 bridgehead atoms. The molecular formula is C8H12N2O3S. The highest BCUT2D eigenvalue weighted by Gasteiger charge is 2.30. The first kappa shape index (κ1) is 10.9. The van der Waals surface area contributed by atoms with Crippen LogP contribution in [0.2, 0.25) is 0 Å². The Bertz CT molecular complexity index is 335. The highest BCUT2D eigenvalue weighted by molar-refractivity contribution is 7.09. The van der Waals surface area contributed by atoms with E-state index in [1.807, 2.05) is 5.38 Å². The standard InChI is InChI=1S/C8H12N2O3S/c1-8(11,3-4-10(12)13)7-9(2)5-6-14-7/h4-6,11H,3H2,1-2H3. The lowest BCUT2D eigenvalue weighted by Gasteiger charge is -2.20. The fraction of sp³-hybridized carbons (Fsp3) is 0.500. The molecule has 0 spiro atoms. The third-order valence-corrected chi connectivity index (χ3v) is 3.09. The van der Waals surface area contributed by atoms with Gasteiger partial charge in [0.25, 0.3) is 5.01 Å². The zero-order valence-corrected chi connectivity index (χ0v) is 8.82. The minimum absolute atomic E-state index is 0.00829. The normalized spacial score (nSPS) is 14.8. The van der Waals surface area contributed by atoms with Gasteiger partial charge in [0.1, 0.15) is 12.6 Å². The van der Waals surface area contributed by atoms with Gasteiger partial charge in [-0.05, 0) is 6.92 Å². The monoisotopic (exact) mass is 216 g/mol. The molecular weight excluding hydrogens is 204 g/mol. The summed E-state index contributed by atoms with van der Waals surface area (Å²) in [6, 6.07) is 0. The zero-order chi connectivity index (χ0) is 10.8. The Morgan fingerprint density at radius 3 is 2.93 bits per heavy atom. The number of thiazole rings is 1. The lowest BCUT2D eigenvalue weighted by atomic mass is 10.0. The van der Waals surface area contributed by atoms with Crippen LogP contribution in [0.5, 0.6) is 0 Å². The molecule has 0 aliphatic carbocycles. The molecule has 0 saturated heterocycles. The van der Waals surface area contributed by atoms with E-state index >= 15 is 0 Å². The van der Waals surface area contributed by atoms with Crippen LogP contribution in [0.25, 0.3) is 0 Å². The Balaban J connectivity index is 2.75. The van der Waals surface area contributed by atoms with E-state index < -0.39 is 10.5 Å². The number of aryl methyl sites for hydroxylation is 1. The third kappa shape index (κ3) is 2.43. The Morgan fingerprint density at radius 1 is 1.86 bits per heavy atom. The summed E-state index contributed by atoms with van der Waals surface area (Å²) in [6.07, 6.45) is 1.81. The first-order chi connectivity index (χ1) is 6.43. The van der Waals surface area contributed by atoms with E-state index in [4.69, 9.17) is 0 Å². The molecule has 1 atom stereocenters. The average molecular weight is 216 g/mol. The number of aliphatic hydroxyl groups is 1. The van der Waals surface area contributed by atoms with E-state index in [-0.39, 0.29) is 6.42 Å². The molecule has 0 radical (unpaired) electrons. The molecule has 0 fully saturated rings. The van der Waals surface area contributed by atoms with Crippen molar-refractivity contribution in [3.8, 4) is 0 Å². The molecule has 5 nitrogen and oxygen atoms in total. The molecule has 14 heavy (non-hydrogen) atoms. The van der Waals surface area contributed by atoms with Crippen molar-refractivity contribution >= 4 is 11.3 Å². The van der Waals surface area contributed by atoms with Crippen LogP contribution in [0.1, 0.15) is 18.4 Å². The summed E-state index contributed by atoms with van der Waals surface area (Å²) in [6.45, 7) is 2.44. The highest BCUT2D eigenvalue weighted by atomic mass is 32.1. The van der Waals surface area contributed by atoms with Crippen LogP contribution in [-0.2, 0) is 12.6 Å². The minimum atomic E-state index is -1.17. The number of hydrogen-bond acceptors (Lipinski definition) is 4. The second-order valence-corrected chi connectivity index (χ2v) is 4.16. The Kier molecular flexibility index (Phi) is 3.07. The van der Waals surface area contributed by atoms with Gasteiger partial charge in [-0.1, -0.05) is 24.3 Å². The van der Waals surface area contributed by atoms with Crippen LogP contribution in [0, 0.1) is 16.7 Å². The predicted molar refractivity (Wildman–Crippen MR) is 51.0 cm³/mol. The number of nitrogens with zero attached hydrogens (tertiary/aromatic N) is 2. The number of rotatable bonds is 4. The molecule has 1 unspecified atom stereocenters. The smallest absolute Gasteiger partial charge is 0.266 e. The maximum Gasteiger partial charge on any atom is 0.266 e. The Morgan fingerprint density at radius 2 is 2.50 bits per heavy atom. The van der Waals surface area contributed by atoms with Gasteiger partial charge in [0.15, 0.2) is 6.20 Å². The molecule has 0 aliphatic heterocycles. The van der Waals surface area contributed by atoms with Crippen molar-refractivity contribution in [1.29, 1.82) is 0 Å². The van der Waals surface area contributed by atoms with E-state index in [2.05, 4.69) is 0 Å². The van der Waals surface area contributed by atoms with E-state index in [1.54, 1.807) is 24.7 Å². The van der Waals surface area contributed by atoms with Crippen molar-refractivity contribution in [3.05, 3.63) is 33.2 Å². The van der Waals surface area contributed by atoms with Crippen LogP contribution < -0.4 is 4.57 Å². The molecule has 0 aromatic carbocycles. The molecule has 0 amide bonds. The van der Waals surface area contributed by atoms with E-state index in [9.17, 15) is 15.2 Å². The molecule has 1 aromatic heterocycles. The molecule has 1 N–H and O–H groups in total. The highest BCUT2D eigenvalue weighted by Crippen LogP contribution is 2.25. The predicted octanol–water partition coefficient (Wildman–Crippen LogP) is 0.609. The number of nitro groups is 1. The molecule has 1 rings (SSSR count). The SMILES string of the molecule is C[n+]1ccsc1C(C)(O)C[CH-][N+](=O)[O-]. The van der Waals surface area contributed by atoms with Crippen molar-refractivity contribution in [3.63, 3.8) is 0 Å². The maximum absolute atomic E-state index is 10.1. The molecule has 78 valence electrons. The average Bonchev–Trinajstić information content (AvgIpc) is 2.48. The van der Waals surface area contributed by atoms with Crippen LogP contribution >= 0.6 is 11.3 Å². The number of aromatic nitrogens is 1. The van der Waals surface area contributed by atoms with Crippen LogP contribution in [0.3, 0.4) is 0 Å². The topological polar surface area (TPSA) is 67.2 Å². The maximum atomic E-state index is 10.1. The molecule has 0 aliphatic rings. The quantitative estimate of drug-likeness (QED) is 0.347. The van der Waals surface area contributed by atoms with Gasteiger partial charge in [-0.2, -0.15) is 4.57 Å². The van der Waals surface area contributed by atoms with Crippen molar-refractivity contribution in [2.75, 3.05) is 0 Å². The molecule has 0 saturated carbocycles. The second kappa shape index (κ2) is 3.93. The summed E-state index contributed by atoms with van der Waals surface area (Å²) >= 11 is 1.38. The van der Waals surface area contributed by atoms with Gasteiger partial charge >= 0.3 is 0 Å². The third-order valence-electron chi connectivity index (χ3n) is 1.88. The summed E-state index contributed by atoms with van der Waals surface area (Å²) in [5.41, 5.74) is -1.17. The van der Waals surface area contributed by atoms with Gasteiger partial charge in [-0.25, -0.2) is 0 Å². The van der Waals surface area contributed by atoms with Crippen LogP contribution in [-0.4, -0.2) is 10.0 Å². The van der Waals surface area contributed by atoms with Crippen LogP contribution in [0.4, 0.5) is 0 Å². The fourth-order valence-electron chi connectivity index (χ4n) is 1.18. The summed E-state index contributed by atoms with van der Waals surface area (Å²) in [5.74, 6) is 0. The summed E-state index contributed by atoms with van der Waals surface area (Å²) in [7, 11) is 1.80. The van der Waals surface area contributed by atoms with Gasteiger partial charge in [-0.3, -0.25) is 10.1 Å². The number of hydrogen-bond donors (Lipinski definition) is 1. The fourth-order valence-corrected chi connectivity index (χ4v) is 2.12. The second-order valence-electron chi connectivity index (χ2n) is 3.26. The Hall–Kier alpha value is -1.14. The lowest BCUT2D eigenvalue weighted by molar-refractivity contribution is -0.680. The largest absolute Gasteiger partial charge is 0.380 e. The first-order valence-electron chi connectivity index (χ1n) is 4.06. The molecule has 6 heteroatoms. The summed E-state index contributed by atoms with van der Waals surface area (Å²) in [4.78, 5) is 9.60. The van der Waals surface area contributed by atoms with E-state index in [0.29, 0.717) is 5.01 Å². The van der Waals surface area contributed by atoms with Crippen molar-refractivity contribution < 1.29 is 14.6 Å². The van der Waals surface area contributed by atoms with Gasteiger partial charge in [0.2, 0.25) is 0 Å². The first-order valence-corrected chi connectivity index (χ1v) is 4.94. The summed E-state index contributed by atoms with van der Waals surface area (Å²) < 4.78 is 1.76. The van der Waals surface area contributed by atoms with Gasteiger partial charge in [-0.15, -0.1) is 4.92 Å². The molecule has 1 aromatic rings. The van der Waals surface area contributed by atoms with E-state index in [1.165, 1.54) is 11.3 Å². The van der Waals surface area contributed by atoms with Gasteiger partial charge in [0, 0.05) is 0 Å². The lowest BCUT2D eigenvalue weighted by Crippen LogP contribution is -2.39.